The van der Waals surface area contributed by atoms with E-state index in [1.165, 1.54) is 38.4 Å². The maximum Gasteiger partial charge on any atom is 0.175 e. The van der Waals surface area contributed by atoms with Gasteiger partial charge in [0.2, 0.25) is 0 Å². The Labute approximate surface area is 185 Å². The number of aromatic amines is 1. The maximum atomic E-state index is 11.9. The van der Waals surface area contributed by atoms with E-state index in [1.54, 1.807) is 18.3 Å². The zero-order valence-corrected chi connectivity index (χ0v) is 19.4. The van der Waals surface area contributed by atoms with Crippen LogP contribution in [-0.2, 0) is 9.84 Å². The van der Waals surface area contributed by atoms with Crippen LogP contribution < -0.4 is 4.74 Å². The topological polar surface area (TPSA) is 72.0 Å². The van der Waals surface area contributed by atoms with E-state index in [1.807, 2.05) is 32.0 Å². The molecule has 31 heavy (non-hydrogen) atoms. The molecule has 3 aromatic rings. The van der Waals surface area contributed by atoms with Crippen molar-refractivity contribution in [3.63, 3.8) is 0 Å². The highest BCUT2D eigenvalue weighted by molar-refractivity contribution is 7.90. The van der Waals surface area contributed by atoms with Crippen LogP contribution in [0.5, 0.6) is 5.75 Å². The van der Waals surface area contributed by atoms with Crippen molar-refractivity contribution in [2.45, 2.75) is 69.3 Å². The maximum absolute atomic E-state index is 11.9. The SMILES string of the molecule is CC(C)Oc1cnc2[nH]c([C@H](CCC3CCCC3)c3ccc(S(C)(=O)=O)cc3)cc2c1. The van der Waals surface area contributed by atoms with Gasteiger partial charge in [0.1, 0.15) is 11.4 Å². The molecule has 0 unspecified atom stereocenters. The van der Waals surface area contributed by atoms with Crippen molar-refractivity contribution < 1.29 is 13.2 Å². The number of sulfone groups is 1. The van der Waals surface area contributed by atoms with Crippen LogP contribution >= 0.6 is 0 Å². The molecule has 2 aromatic heterocycles. The van der Waals surface area contributed by atoms with E-state index in [9.17, 15) is 8.42 Å². The highest BCUT2D eigenvalue weighted by Gasteiger charge is 2.22. The minimum absolute atomic E-state index is 0.102. The van der Waals surface area contributed by atoms with Gasteiger partial charge in [0.05, 0.1) is 17.2 Å². The van der Waals surface area contributed by atoms with Gasteiger partial charge in [-0.15, -0.1) is 0 Å². The zero-order valence-electron chi connectivity index (χ0n) is 18.6. The summed E-state index contributed by atoms with van der Waals surface area (Å²) in [6, 6.07) is 11.6. The van der Waals surface area contributed by atoms with Crippen LogP contribution in [0.15, 0.2) is 47.5 Å². The molecule has 0 amide bonds. The number of rotatable bonds is 8. The summed E-state index contributed by atoms with van der Waals surface area (Å²) in [5, 5.41) is 1.03. The van der Waals surface area contributed by atoms with E-state index in [2.05, 4.69) is 16.0 Å². The number of nitrogens with one attached hydrogen (secondary N) is 1. The van der Waals surface area contributed by atoms with Crippen molar-refractivity contribution in [3.8, 4) is 5.75 Å². The summed E-state index contributed by atoms with van der Waals surface area (Å²) in [4.78, 5) is 8.43. The van der Waals surface area contributed by atoms with Gasteiger partial charge in [0.15, 0.2) is 9.84 Å². The lowest BCUT2D eigenvalue weighted by atomic mass is 9.87. The Balaban J connectivity index is 1.65. The van der Waals surface area contributed by atoms with Crippen LogP contribution in [0.3, 0.4) is 0 Å². The minimum atomic E-state index is -3.20. The van der Waals surface area contributed by atoms with Crippen molar-refractivity contribution in [3.05, 3.63) is 53.9 Å². The van der Waals surface area contributed by atoms with E-state index in [-0.39, 0.29) is 12.0 Å². The average Bonchev–Trinajstić information content (AvgIpc) is 3.37. The number of ether oxygens (including phenoxy) is 1. The molecule has 0 aliphatic heterocycles. The molecule has 0 bridgehead atoms. The summed E-state index contributed by atoms with van der Waals surface area (Å²) < 4.78 is 29.6. The first kappa shape index (κ1) is 21.9. The fourth-order valence-corrected chi connectivity index (χ4v) is 5.32. The van der Waals surface area contributed by atoms with Crippen molar-refractivity contribution in [2.24, 2.45) is 5.92 Å². The number of H-pyrrole nitrogens is 1. The van der Waals surface area contributed by atoms with E-state index < -0.39 is 9.84 Å². The van der Waals surface area contributed by atoms with E-state index >= 15 is 0 Å². The molecule has 0 saturated heterocycles. The summed E-state index contributed by atoms with van der Waals surface area (Å²) in [6.45, 7) is 4.01. The fraction of sp³-hybridized carbons (Fsp3) is 0.480. The summed E-state index contributed by atoms with van der Waals surface area (Å²) in [5.41, 5.74) is 3.11. The van der Waals surface area contributed by atoms with Crippen LogP contribution in [0.1, 0.15) is 69.5 Å². The highest BCUT2D eigenvalue weighted by Crippen LogP contribution is 2.36. The fourth-order valence-electron chi connectivity index (χ4n) is 4.69. The van der Waals surface area contributed by atoms with Gasteiger partial charge in [-0.2, -0.15) is 0 Å². The van der Waals surface area contributed by atoms with Gasteiger partial charge in [-0.1, -0.05) is 37.8 Å². The molecule has 1 atom stereocenters. The monoisotopic (exact) mass is 440 g/mol. The minimum Gasteiger partial charge on any atom is -0.489 e. The molecule has 2 heterocycles. The van der Waals surface area contributed by atoms with Gasteiger partial charge in [-0.3, -0.25) is 0 Å². The van der Waals surface area contributed by atoms with Gasteiger partial charge in [-0.05, 0) is 62.4 Å². The number of pyridine rings is 1. The predicted molar refractivity (Wildman–Crippen MR) is 124 cm³/mol. The summed E-state index contributed by atoms with van der Waals surface area (Å²) >= 11 is 0. The third-order valence-electron chi connectivity index (χ3n) is 6.26. The second kappa shape index (κ2) is 9.03. The third kappa shape index (κ3) is 5.29. The molecule has 1 aliphatic carbocycles. The van der Waals surface area contributed by atoms with Gasteiger partial charge in [-0.25, -0.2) is 13.4 Å². The summed E-state index contributed by atoms with van der Waals surface area (Å²) in [7, 11) is -3.20. The number of benzene rings is 1. The lowest BCUT2D eigenvalue weighted by Gasteiger charge is -2.19. The average molecular weight is 441 g/mol. The summed E-state index contributed by atoms with van der Waals surface area (Å²) in [6.07, 6.45) is 10.7. The van der Waals surface area contributed by atoms with Crippen LogP contribution in [0.25, 0.3) is 11.0 Å². The molecule has 1 aliphatic rings. The van der Waals surface area contributed by atoms with Gasteiger partial charge in [0, 0.05) is 23.3 Å². The van der Waals surface area contributed by atoms with Crippen LogP contribution in [0.2, 0.25) is 0 Å². The Kier molecular flexibility index (Phi) is 6.37. The summed E-state index contributed by atoms with van der Waals surface area (Å²) in [5.74, 6) is 1.75. The normalized spacial score (nSPS) is 16.3. The van der Waals surface area contributed by atoms with Crippen molar-refractivity contribution >= 4 is 20.9 Å². The first-order valence-corrected chi connectivity index (χ1v) is 13.1. The number of hydrogen-bond acceptors (Lipinski definition) is 4. The Bertz CT molecular complexity index is 1130. The third-order valence-corrected chi connectivity index (χ3v) is 7.39. The van der Waals surface area contributed by atoms with Gasteiger partial charge < -0.3 is 9.72 Å². The lowest BCUT2D eigenvalue weighted by Crippen LogP contribution is -2.06. The van der Waals surface area contributed by atoms with Gasteiger partial charge in [0.25, 0.3) is 0 Å². The number of hydrogen-bond donors (Lipinski definition) is 1. The van der Waals surface area contributed by atoms with E-state index in [0.29, 0.717) is 4.90 Å². The Morgan fingerprint density at radius 1 is 1.13 bits per heavy atom. The van der Waals surface area contributed by atoms with Gasteiger partial charge >= 0.3 is 0 Å². The van der Waals surface area contributed by atoms with Crippen LogP contribution in [0.4, 0.5) is 0 Å². The largest absolute Gasteiger partial charge is 0.489 e. The Morgan fingerprint density at radius 2 is 1.84 bits per heavy atom. The molecule has 4 rings (SSSR count). The quantitative estimate of drug-likeness (QED) is 0.476. The molecule has 1 N–H and O–H groups in total. The molecule has 1 saturated carbocycles. The number of aromatic nitrogens is 2. The zero-order chi connectivity index (χ0) is 22.0. The number of fused-ring (bicyclic) bond motifs is 1. The predicted octanol–water partition coefficient (Wildman–Crippen LogP) is 5.86. The standard InChI is InChI=1S/C25H32N2O3S/c1-17(2)30-21-14-20-15-24(27-25(20)26-16-21)23(13-8-18-6-4-5-7-18)19-9-11-22(12-10-19)31(3,28)29/h9-12,14-18,23H,4-8,13H2,1-3H3,(H,26,27)/t23-/m1/s1. The number of nitrogens with zero attached hydrogens (tertiary/aromatic N) is 1. The van der Waals surface area contributed by atoms with Crippen molar-refractivity contribution in [2.75, 3.05) is 6.26 Å². The van der Waals surface area contributed by atoms with Crippen molar-refractivity contribution in [1.82, 2.24) is 9.97 Å². The van der Waals surface area contributed by atoms with Crippen molar-refractivity contribution in [1.29, 1.82) is 0 Å². The lowest BCUT2D eigenvalue weighted by molar-refractivity contribution is 0.242. The van der Waals surface area contributed by atoms with E-state index in [0.717, 1.165) is 40.4 Å². The second-order valence-corrected chi connectivity index (χ2v) is 11.1. The molecular formula is C25H32N2O3S. The molecular weight excluding hydrogens is 408 g/mol. The first-order valence-electron chi connectivity index (χ1n) is 11.2. The molecule has 1 aromatic carbocycles. The van der Waals surface area contributed by atoms with E-state index in [4.69, 9.17) is 4.74 Å². The molecule has 6 heteroatoms. The molecule has 5 nitrogen and oxygen atoms in total. The Morgan fingerprint density at radius 3 is 2.48 bits per heavy atom. The smallest absolute Gasteiger partial charge is 0.175 e. The molecule has 1 fully saturated rings. The Hall–Kier alpha value is -2.34. The van der Waals surface area contributed by atoms with Crippen LogP contribution in [0, 0.1) is 5.92 Å². The first-order chi connectivity index (χ1) is 14.8. The molecule has 0 radical (unpaired) electrons. The molecule has 0 spiro atoms. The highest BCUT2D eigenvalue weighted by atomic mass is 32.2. The molecule has 166 valence electrons. The van der Waals surface area contributed by atoms with Crippen LogP contribution in [-0.4, -0.2) is 30.7 Å². The second-order valence-electron chi connectivity index (χ2n) is 9.12.